The maximum Gasteiger partial charge on any atom is 0.411 e. The molecule has 2 rings (SSSR count). The van der Waals surface area contributed by atoms with Crippen LogP contribution >= 0.6 is 0 Å². The van der Waals surface area contributed by atoms with Crippen LogP contribution in [0, 0.1) is 0 Å². The van der Waals surface area contributed by atoms with Crippen LogP contribution in [0.25, 0.3) is 0 Å². The van der Waals surface area contributed by atoms with Gasteiger partial charge in [-0.25, -0.2) is 9.78 Å². The van der Waals surface area contributed by atoms with Crippen LogP contribution in [0.5, 0.6) is 0 Å². The van der Waals surface area contributed by atoms with Crippen LogP contribution in [0.15, 0.2) is 55.4 Å². The summed E-state index contributed by atoms with van der Waals surface area (Å²) in [5.74, 6) is 0.666. The zero-order chi connectivity index (χ0) is 18.4. The van der Waals surface area contributed by atoms with Crippen molar-refractivity contribution in [2.45, 2.75) is 52.4 Å². The molecule has 0 saturated heterocycles. The molecule has 1 atom stereocenters. The van der Waals surface area contributed by atoms with Gasteiger partial charge >= 0.3 is 6.09 Å². The highest BCUT2D eigenvalue weighted by molar-refractivity contribution is 5.68. The Bertz CT molecular complexity index is 684. The number of benzene rings is 1. The smallest absolute Gasteiger partial charge is 0.411 e. The van der Waals surface area contributed by atoms with Gasteiger partial charge in [0.25, 0.3) is 0 Å². The predicted octanol–water partition coefficient (Wildman–Crippen LogP) is 4.41. The zero-order valence-electron chi connectivity index (χ0n) is 15.4. The Hall–Kier alpha value is -2.56. The highest BCUT2D eigenvalue weighted by Crippen LogP contribution is 2.21. The van der Waals surface area contributed by atoms with Gasteiger partial charge in [-0.2, -0.15) is 0 Å². The maximum atomic E-state index is 12.6. The Labute approximate surface area is 149 Å². The predicted molar refractivity (Wildman–Crippen MR) is 99.3 cm³/mol. The normalized spacial score (nSPS) is 12.2. The molecular weight excluding hydrogens is 314 g/mol. The minimum absolute atomic E-state index is 0.0574. The van der Waals surface area contributed by atoms with E-state index in [1.807, 2.05) is 56.7 Å². The van der Waals surface area contributed by atoms with Gasteiger partial charge in [-0.15, -0.1) is 0 Å². The van der Waals surface area contributed by atoms with Crippen molar-refractivity contribution in [1.29, 1.82) is 0 Å². The molecule has 1 aromatic heterocycles. The Morgan fingerprint density at radius 2 is 1.88 bits per heavy atom. The summed E-state index contributed by atoms with van der Waals surface area (Å²) in [5.41, 5.74) is 1.15. The van der Waals surface area contributed by atoms with Crippen LogP contribution in [0.4, 0.5) is 4.79 Å². The fourth-order valence-corrected chi connectivity index (χ4v) is 2.89. The van der Waals surface area contributed by atoms with E-state index in [1.54, 1.807) is 17.2 Å². The molecule has 0 radical (unpaired) electrons. The second-order valence-electron chi connectivity index (χ2n) is 6.53. The summed E-state index contributed by atoms with van der Waals surface area (Å²) in [6.07, 6.45) is 4.26. The molecular formula is C20H27N3O2. The molecule has 134 valence electrons. The summed E-state index contributed by atoms with van der Waals surface area (Å²) in [6, 6.07) is 10.2. The quantitative estimate of drug-likeness (QED) is 0.701. The Balaban J connectivity index is 2.17. The number of imidazole rings is 1. The first-order chi connectivity index (χ1) is 11.9. The Kier molecular flexibility index (Phi) is 6.39. The van der Waals surface area contributed by atoms with Gasteiger partial charge in [-0.3, -0.25) is 0 Å². The van der Waals surface area contributed by atoms with E-state index in [0.717, 1.165) is 5.56 Å². The van der Waals surface area contributed by atoms with Crippen molar-refractivity contribution < 1.29 is 9.53 Å². The van der Waals surface area contributed by atoms with Gasteiger partial charge in [-0.05, 0) is 39.3 Å². The number of carbonyl (C=O) groups is 1. The lowest BCUT2D eigenvalue weighted by molar-refractivity contribution is 0.0566. The van der Waals surface area contributed by atoms with E-state index in [1.165, 1.54) is 0 Å². The third-order valence-corrected chi connectivity index (χ3v) is 3.96. The van der Waals surface area contributed by atoms with Crippen molar-refractivity contribution in [3.63, 3.8) is 0 Å². The van der Waals surface area contributed by atoms with E-state index in [2.05, 4.69) is 23.7 Å². The van der Waals surface area contributed by atoms with Crippen LogP contribution in [-0.4, -0.2) is 32.6 Å². The lowest BCUT2D eigenvalue weighted by Gasteiger charge is -2.31. The molecule has 1 heterocycles. The molecule has 25 heavy (non-hydrogen) atoms. The van der Waals surface area contributed by atoms with Crippen molar-refractivity contribution in [1.82, 2.24) is 14.5 Å². The number of hydrogen-bond donors (Lipinski definition) is 0. The summed E-state index contributed by atoms with van der Waals surface area (Å²) in [5, 5.41) is 0. The lowest BCUT2D eigenvalue weighted by atomic mass is 10.2. The fourth-order valence-electron chi connectivity index (χ4n) is 2.89. The molecule has 0 bridgehead atoms. The van der Waals surface area contributed by atoms with Gasteiger partial charge in [0, 0.05) is 31.0 Å². The molecule has 0 fully saturated rings. The number of amides is 1. The molecule has 0 spiro atoms. The topological polar surface area (TPSA) is 47.4 Å². The van der Waals surface area contributed by atoms with E-state index < -0.39 is 6.10 Å². The highest BCUT2D eigenvalue weighted by Gasteiger charge is 2.26. The van der Waals surface area contributed by atoms with E-state index in [4.69, 9.17) is 4.74 Å². The number of carbonyl (C=O) groups excluding carboxylic acids is 1. The molecule has 5 heteroatoms. The van der Waals surface area contributed by atoms with Crippen LogP contribution in [0.2, 0.25) is 0 Å². The van der Waals surface area contributed by atoms with Crippen molar-refractivity contribution in [2.24, 2.45) is 0 Å². The summed E-state index contributed by atoms with van der Waals surface area (Å²) < 4.78 is 7.67. The molecule has 0 aliphatic carbocycles. The van der Waals surface area contributed by atoms with E-state index >= 15 is 0 Å². The second-order valence-corrected chi connectivity index (χ2v) is 6.53. The molecule has 0 saturated carbocycles. The summed E-state index contributed by atoms with van der Waals surface area (Å²) >= 11 is 0. The molecule has 0 aliphatic heterocycles. The molecule has 5 nitrogen and oxygen atoms in total. The number of nitrogens with zero attached hydrogens (tertiary/aromatic N) is 3. The average Bonchev–Trinajstić information content (AvgIpc) is 3.00. The summed E-state index contributed by atoms with van der Waals surface area (Å²) in [4.78, 5) is 18.7. The summed E-state index contributed by atoms with van der Waals surface area (Å²) in [6.45, 7) is 12.4. The lowest BCUT2D eigenvalue weighted by Crippen LogP contribution is -2.42. The van der Waals surface area contributed by atoms with Crippen LogP contribution in [0.3, 0.4) is 0 Å². The Morgan fingerprint density at radius 3 is 2.44 bits per heavy atom. The third-order valence-electron chi connectivity index (χ3n) is 3.96. The fraction of sp³-hybridized carbons (Fsp3) is 0.400. The second kappa shape index (κ2) is 8.51. The SMILES string of the molecule is C=CC(OC(=O)N(C(C)C)C(C)C)c1nccn1Cc1ccccc1. The standard InChI is InChI=1S/C20H27N3O2/c1-6-18(25-20(24)23(15(2)3)16(4)5)19-21-12-13-22(19)14-17-10-8-7-9-11-17/h6-13,15-16,18H,1,14H2,2-5H3. The monoisotopic (exact) mass is 341 g/mol. The first kappa shape index (κ1) is 18.8. The van der Waals surface area contributed by atoms with Gasteiger partial charge in [0.1, 0.15) is 0 Å². The highest BCUT2D eigenvalue weighted by atomic mass is 16.6. The van der Waals surface area contributed by atoms with Gasteiger partial charge in [0.15, 0.2) is 11.9 Å². The maximum absolute atomic E-state index is 12.6. The largest absolute Gasteiger partial charge is 0.434 e. The molecule has 0 N–H and O–H groups in total. The third kappa shape index (κ3) is 4.72. The van der Waals surface area contributed by atoms with Crippen molar-refractivity contribution in [3.8, 4) is 0 Å². The van der Waals surface area contributed by atoms with E-state index in [-0.39, 0.29) is 18.2 Å². The zero-order valence-corrected chi connectivity index (χ0v) is 15.4. The first-order valence-electron chi connectivity index (χ1n) is 8.60. The minimum atomic E-state index is -0.591. The minimum Gasteiger partial charge on any atom is -0.434 e. The molecule has 0 aliphatic rings. The average molecular weight is 341 g/mol. The van der Waals surface area contributed by atoms with Crippen molar-refractivity contribution >= 4 is 6.09 Å². The van der Waals surface area contributed by atoms with E-state index in [9.17, 15) is 4.79 Å². The molecule has 1 unspecified atom stereocenters. The van der Waals surface area contributed by atoms with Gasteiger partial charge in [-0.1, -0.05) is 36.9 Å². The number of rotatable bonds is 7. The number of ether oxygens (including phenoxy) is 1. The van der Waals surface area contributed by atoms with Crippen molar-refractivity contribution in [2.75, 3.05) is 0 Å². The van der Waals surface area contributed by atoms with Gasteiger partial charge in [0.2, 0.25) is 0 Å². The summed E-state index contributed by atoms with van der Waals surface area (Å²) in [7, 11) is 0. The van der Waals surface area contributed by atoms with Gasteiger partial charge < -0.3 is 14.2 Å². The molecule has 1 amide bonds. The van der Waals surface area contributed by atoms with Crippen LogP contribution in [-0.2, 0) is 11.3 Å². The van der Waals surface area contributed by atoms with Gasteiger partial charge in [0.05, 0.1) is 0 Å². The number of aromatic nitrogens is 2. The Morgan fingerprint density at radius 1 is 1.24 bits per heavy atom. The van der Waals surface area contributed by atoms with E-state index in [0.29, 0.717) is 12.4 Å². The van der Waals surface area contributed by atoms with Crippen LogP contribution < -0.4 is 0 Å². The van der Waals surface area contributed by atoms with Crippen LogP contribution in [0.1, 0.15) is 45.2 Å². The first-order valence-corrected chi connectivity index (χ1v) is 8.60. The number of hydrogen-bond acceptors (Lipinski definition) is 3. The molecule has 1 aromatic carbocycles. The van der Waals surface area contributed by atoms with Crippen molar-refractivity contribution in [3.05, 3.63) is 66.8 Å². The molecule has 2 aromatic rings.